The maximum Gasteiger partial charge on any atom is 0.418 e. The van der Waals surface area contributed by atoms with Crippen molar-refractivity contribution in [2.45, 2.75) is 12.2 Å². The predicted molar refractivity (Wildman–Crippen MR) is 111 cm³/mol. The average molecular weight is 510 g/mol. The highest BCUT2D eigenvalue weighted by Crippen LogP contribution is 2.41. The lowest BCUT2D eigenvalue weighted by Gasteiger charge is -2.16. The SMILES string of the molecule is O=NC(c1ccc(Nc2ccc(Br)cc2C(F)(F)F)cc1Cl)c1sccc1Cl. The van der Waals surface area contributed by atoms with Crippen molar-refractivity contribution in [3.05, 3.63) is 83.3 Å². The fourth-order valence-corrected chi connectivity index (χ4v) is 4.44. The largest absolute Gasteiger partial charge is 0.418 e. The third-order valence-corrected chi connectivity index (χ3v) is 6.09. The summed E-state index contributed by atoms with van der Waals surface area (Å²) < 4.78 is 40.1. The van der Waals surface area contributed by atoms with Crippen molar-refractivity contribution in [1.82, 2.24) is 0 Å². The number of benzene rings is 2. The molecule has 0 fully saturated rings. The molecule has 3 aromatic rings. The van der Waals surface area contributed by atoms with Crippen LogP contribution in [0.3, 0.4) is 0 Å². The van der Waals surface area contributed by atoms with E-state index in [1.807, 2.05) is 0 Å². The van der Waals surface area contributed by atoms with E-state index in [4.69, 9.17) is 23.2 Å². The van der Waals surface area contributed by atoms with Crippen LogP contribution >= 0.6 is 50.5 Å². The summed E-state index contributed by atoms with van der Waals surface area (Å²) >= 11 is 16.7. The molecule has 0 amide bonds. The van der Waals surface area contributed by atoms with E-state index < -0.39 is 17.8 Å². The number of halogens is 6. The Morgan fingerprint density at radius 3 is 2.39 bits per heavy atom. The first-order valence-corrected chi connectivity index (χ1v) is 10.1. The van der Waals surface area contributed by atoms with Crippen LogP contribution in [0, 0.1) is 4.91 Å². The third-order valence-electron chi connectivity index (χ3n) is 3.86. The quantitative estimate of drug-likeness (QED) is 0.350. The first kappa shape index (κ1) is 21.1. The van der Waals surface area contributed by atoms with Gasteiger partial charge in [-0.05, 0) is 41.8 Å². The highest BCUT2D eigenvalue weighted by molar-refractivity contribution is 9.10. The number of nitrogens with zero attached hydrogens (tertiary/aromatic N) is 1. The molecular weight excluding hydrogens is 500 g/mol. The van der Waals surface area contributed by atoms with Crippen LogP contribution in [0.2, 0.25) is 10.0 Å². The molecule has 1 unspecified atom stereocenters. The standard InChI is InChI=1S/C18H10BrCl2F3N2OS/c19-9-1-4-15(12(7-9)18(22,23)24)25-10-2-3-11(14(21)8-10)16(26-27)17-13(20)5-6-28-17/h1-8,16,25H. The minimum Gasteiger partial charge on any atom is -0.355 e. The lowest BCUT2D eigenvalue weighted by atomic mass is 10.1. The van der Waals surface area contributed by atoms with E-state index >= 15 is 0 Å². The molecule has 0 saturated heterocycles. The summed E-state index contributed by atoms with van der Waals surface area (Å²) in [6, 6.07) is 9.07. The van der Waals surface area contributed by atoms with Gasteiger partial charge < -0.3 is 5.32 Å². The normalized spacial score (nSPS) is 12.6. The van der Waals surface area contributed by atoms with Gasteiger partial charge in [0.1, 0.15) is 0 Å². The lowest BCUT2D eigenvalue weighted by molar-refractivity contribution is -0.137. The van der Waals surface area contributed by atoms with Crippen LogP contribution in [-0.2, 0) is 6.18 Å². The molecule has 0 saturated carbocycles. The molecule has 1 aromatic heterocycles. The van der Waals surface area contributed by atoms with E-state index in [9.17, 15) is 18.1 Å². The van der Waals surface area contributed by atoms with Crippen LogP contribution in [0.1, 0.15) is 22.0 Å². The first-order chi connectivity index (χ1) is 13.2. The maximum atomic E-state index is 13.3. The Kier molecular flexibility index (Phi) is 6.34. The van der Waals surface area contributed by atoms with Gasteiger partial charge in [0.2, 0.25) is 0 Å². The summed E-state index contributed by atoms with van der Waals surface area (Å²) in [5, 5.41) is 8.14. The molecule has 3 nitrogen and oxygen atoms in total. The van der Waals surface area contributed by atoms with Gasteiger partial charge in [0.05, 0.1) is 21.2 Å². The zero-order valence-electron chi connectivity index (χ0n) is 13.7. The molecule has 1 heterocycles. The highest BCUT2D eigenvalue weighted by atomic mass is 79.9. The Morgan fingerprint density at radius 2 is 1.82 bits per heavy atom. The smallest absolute Gasteiger partial charge is 0.355 e. The Labute approximate surface area is 180 Å². The minimum absolute atomic E-state index is 0.120. The van der Waals surface area contributed by atoms with Crippen LogP contribution in [0.15, 0.2) is 57.5 Å². The van der Waals surface area contributed by atoms with Crippen molar-refractivity contribution in [1.29, 1.82) is 0 Å². The van der Waals surface area contributed by atoms with Crippen LogP contribution in [0.4, 0.5) is 24.5 Å². The van der Waals surface area contributed by atoms with Gasteiger partial charge in [0.15, 0.2) is 6.04 Å². The van der Waals surface area contributed by atoms with E-state index in [2.05, 4.69) is 26.4 Å². The summed E-state index contributed by atoms with van der Waals surface area (Å²) in [6.45, 7) is 0. The Bertz CT molecular complexity index is 1030. The lowest BCUT2D eigenvalue weighted by Crippen LogP contribution is -2.09. The molecular formula is C18H10BrCl2F3N2OS. The van der Waals surface area contributed by atoms with Gasteiger partial charge in [0.25, 0.3) is 0 Å². The minimum atomic E-state index is -4.53. The fraction of sp³-hybridized carbons (Fsp3) is 0.111. The number of rotatable bonds is 5. The number of thiophene rings is 1. The van der Waals surface area contributed by atoms with Crippen molar-refractivity contribution >= 4 is 61.8 Å². The summed E-state index contributed by atoms with van der Waals surface area (Å²) in [5.41, 5.74) is -0.187. The van der Waals surface area contributed by atoms with Gasteiger partial charge in [-0.1, -0.05) is 50.4 Å². The van der Waals surface area contributed by atoms with Crippen molar-refractivity contribution in [3.63, 3.8) is 0 Å². The molecule has 0 aliphatic heterocycles. The molecule has 146 valence electrons. The van der Waals surface area contributed by atoms with Gasteiger partial charge in [-0.25, -0.2) is 0 Å². The van der Waals surface area contributed by atoms with Crippen molar-refractivity contribution in [2.24, 2.45) is 5.18 Å². The van der Waals surface area contributed by atoms with E-state index in [-0.39, 0.29) is 10.7 Å². The molecule has 0 spiro atoms. The zero-order valence-corrected chi connectivity index (χ0v) is 17.6. The van der Waals surface area contributed by atoms with Crippen LogP contribution in [-0.4, -0.2) is 0 Å². The monoisotopic (exact) mass is 508 g/mol. The second kappa shape index (κ2) is 8.41. The van der Waals surface area contributed by atoms with Crippen LogP contribution < -0.4 is 5.32 Å². The number of hydrogen-bond donors (Lipinski definition) is 1. The first-order valence-electron chi connectivity index (χ1n) is 7.69. The molecule has 2 aromatic carbocycles. The van der Waals surface area contributed by atoms with Crippen molar-refractivity contribution < 1.29 is 13.2 Å². The molecule has 0 aliphatic carbocycles. The number of nitroso groups, excluding NO2 is 1. The van der Waals surface area contributed by atoms with Crippen LogP contribution in [0.25, 0.3) is 0 Å². The molecule has 10 heteroatoms. The summed E-state index contributed by atoms with van der Waals surface area (Å²) in [7, 11) is 0. The topological polar surface area (TPSA) is 41.5 Å². The third kappa shape index (κ3) is 4.51. The Morgan fingerprint density at radius 1 is 1.07 bits per heavy atom. The molecule has 0 aliphatic rings. The number of hydrogen-bond acceptors (Lipinski definition) is 4. The molecule has 1 atom stereocenters. The fourth-order valence-electron chi connectivity index (χ4n) is 2.59. The van der Waals surface area contributed by atoms with E-state index in [0.29, 0.717) is 25.6 Å². The summed E-state index contributed by atoms with van der Waals surface area (Å²) in [4.78, 5) is 11.9. The van der Waals surface area contributed by atoms with Gasteiger partial charge in [-0.3, -0.25) is 0 Å². The zero-order chi connectivity index (χ0) is 20.5. The van der Waals surface area contributed by atoms with E-state index in [0.717, 1.165) is 6.07 Å². The molecule has 28 heavy (non-hydrogen) atoms. The average Bonchev–Trinajstić information content (AvgIpc) is 3.04. The molecule has 1 N–H and O–H groups in total. The van der Waals surface area contributed by atoms with Gasteiger partial charge in [-0.2, -0.15) is 13.2 Å². The maximum absolute atomic E-state index is 13.3. The highest BCUT2D eigenvalue weighted by Gasteiger charge is 2.34. The van der Waals surface area contributed by atoms with Crippen LogP contribution in [0.5, 0.6) is 0 Å². The van der Waals surface area contributed by atoms with E-state index in [1.165, 1.54) is 35.6 Å². The second-order valence-electron chi connectivity index (χ2n) is 5.69. The van der Waals surface area contributed by atoms with Gasteiger partial charge in [-0.15, -0.1) is 16.2 Å². The van der Waals surface area contributed by atoms with Gasteiger partial charge >= 0.3 is 6.18 Å². The Balaban J connectivity index is 1.94. The predicted octanol–water partition coefficient (Wildman–Crippen LogP) is 8.44. The summed E-state index contributed by atoms with van der Waals surface area (Å²) in [6.07, 6.45) is -4.53. The number of anilines is 2. The number of alkyl halides is 3. The molecule has 3 rings (SSSR count). The van der Waals surface area contributed by atoms with Crippen molar-refractivity contribution in [2.75, 3.05) is 5.32 Å². The van der Waals surface area contributed by atoms with Crippen molar-refractivity contribution in [3.8, 4) is 0 Å². The molecule has 0 bridgehead atoms. The molecule has 0 radical (unpaired) electrons. The summed E-state index contributed by atoms with van der Waals surface area (Å²) in [5.74, 6) is 0. The van der Waals surface area contributed by atoms with E-state index in [1.54, 1.807) is 17.5 Å². The number of nitrogens with one attached hydrogen (secondary N) is 1. The Hall–Kier alpha value is -1.61. The second-order valence-corrected chi connectivity index (χ2v) is 8.37. The van der Waals surface area contributed by atoms with Gasteiger partial charge in [0, 0.05) is 20.7 Å².